The zero-order chi connectivity index (χ0) is 12.8. The van der Waals surface area contributed by atoms with Gasteiger partial charge in [-0.05, 0) is 31.9 Å². The predicted octanol–water partition coefficient (Wildman–Crippen LogP) is 3.06. The predicted molar refractivity (Wildman–Crippen MR) is 74.7 cm³/mol. The Morgan fingerprint density at radius 3 is 2.78 bits per heavy atom. The van der Waals surface area contributed by atoms with Crippen LogP contribution in [0.1, 0.15) is 38.2 Å². The molecule has 0 radical (unpaired) electrons. The highest BCUT2D eigenvalue weighted by Crippen LogP contribution is 2.16. The van der Waals surface area contributed by atoms with Gasteiger partial charge in [-0.15, -0.1) is 0 Å². The van der Waals surface area contributed by atoms with Gasteiger partial charge in [-0.2, -0.15) is 0 Å². The quantitative estimate of drug-likeness (QED) is 0.812. The molecule has 0 amide bonds. The Morgan fingerprint density at radius 1 is 1.22 bits per heavy atom. The van der Waals surface area contributed by atoms with Crippen LogP contribution in [0.2, 0.25) is 0 Å². The fourth-order valence-corrected chi connectivity index (χ4v) is 2.68. The molecular weight excluding hydrogens is 222 g/mol. The summed E-state index contributed by atoms with van der Waals surface area (Å²) in [6.45, 7) is 3.96. The van der Waals surface area contributed by atoms with E-state index < -0.39 is 0 Å². The topological polar surface area (TPSA) is 20.3 Å². The Morgan fingerprint density at radius 2 is 2.00 bits per heavy atom. The van der Waals surface area contributed by atoms with Gasteiger partial charge in [0.2, 0.25) is 0 Å². The van der Waals surface area contributed by atoms with E-state index in [9.17, 15) is 4.79 Å². The molecule has 0 aromatic heterocycles. The molecule has 0 aliphatic carbocycles. The number of ketones is 1. The van der Waals surface area contributed by atoms with Gasteiger partial charge in [0.05, 0.1) is 6.54 Å². The lowest BCUT2D eigenvalue weighted by molar-refractivity contribution is -0.120. The van der Waals surface area contributed by atoms with Crippen LogP contribution in [0.3, 0.4) is 0 Å². The fraction of sp³-hybridized carbons (Fsp3) is 0.562. The third-order valence-corrected chi connectivity index (χ3v) is 3.81. The second kappa shape index (κ2) is 6.69. The normalized spacial score (nSPS) is 21.5. The number of carbonyl (C=O) groups excluding carboxylic acids is 1. The Balaban J connectivity index is 1.86. The van der Waals surface area contributed by atoms with Crippen LogP contribution < -0.4 is 0 Å². The minimum Gasteiger partial charge on any atom is -0.298 e. The molecule has 98 valence electrons. The van der Waals surface area contributed by atoms with E-state index in [0.717, 1.165) is 12.1 Å². The van der Waals surface area contributed by atoms with E-state index in [0.29, 0.717) is 24.8 Å². The van der Waals surface area contributed by atoms with Crippen LogP contribution in [0.5, 0.6) is 0 Å². The first kappa shape index (κ1) is 13.3. The maximum absolute atomic E-state index is 12.1. The molecule has 0 bridgehead atoms. The van der Waals surface area contributed by atoms with E-state index in [1.165, 1.54) is 25.7 Å². The zero-order valence-electron chi connectivity index (χ0n) is 11.3. The smallest absolute Gasteiger partial charge is 0.151 e. The Hall–Kier alpha value is -1.15. The van der Waals surface area contributed by atoms with Gasteiger partial charge < -0.3 is 0 Å². The summed E-state index contributed by atoms with van der Waals surface area (Å²) in [7, 11) is 0. The summed E-state index contributed by atoms with van der Waals surface area (Å²) in [5.74, 6) is 0.343. The largest absolute Gasteiger partial charge is 0.298 e. The van der Waals surface area contributed by atoms with Crippen molar-refractivity contribution in [3.05, 3.63) is 35.9 Å². The minimum absolute atomic E-state index is 0.343. The maximum Gasteiger partial charge on any atom is 0.151 e. The van der Waals surface area contributed by atoms with Gasteiger partial charge >= 0.3 is 0 Å². The van der Waals surface area contributed by atoms with E-state index in [4.69, 9.17) is 0 Å². The lowest BCUT2D eigenvalue weighted by Gasteiger charge is -2.26. The van der Waals surface area contributed by atoms with Crippen LogP contribution in [0.15, 0.2) is 30.3 Å². The Kier molecular flexibility index (Phi) is 4.94. The third-order valence-electron chi connectivity index (χ3n) is 3.81. The van der Waals surface area contributed by atoms with E-state index in [-0.39, 0.29) is 0 Å². The number of Topliss-reactive ketones (excluding diaryl/α,β-unsaturated/α-hetero) is 1. The lowest BCUT2D eigenvalue weighted by Crippen LogP contribution is -2.37. The lowest BCUT2D eigenvalue weighted by atomic mass is 10.1. The van der Waals surface area contributed by atoms with Crippen LogP contribution in [-0.4, -0.2) is 29.8 Å². The standard InChI is InChI=1S/C16H23NO/c1-14-8-4-3-7-11-17(14)13-16(18)12-15-9-5-2-6-10-15/h2,5-6,9-10,14H,3-4,7-8,11-13H2,1H3. The van der Waals surface area contributed by atoms with Crippen molar-refractivity contribution in [1.29, 1.82) is 0 Å². The van der Waals surface area contributed by atoms with Crippen LogP contribution in [0, 0.1) is 0 Å². The number of hydrogen-bond acceptors (Lipinski definition) is 2. The molecule has 0 spiro atoms. The van der Waals surface area contributed by atoms with Crippen molar-refractivity contribution in [3.8, 4) is 0 Å². The highest BCUT2D eigenvalue weighted by atomic mass is 16.1. The summed E-state index contributed by atoms with van der Waals surface area (Å²) < 4.78 is 0. The number of benzene rings is 1. The summed E-state index contributed by atoms with van der Waals surface area (Å²) in [6.07, 6.45) is 5.67. The molecular formula is C16H23NO. The molecule has 18 heavy (non-hydrogen) atoms. The molecule has 1 aromatic rings. The molecule has 1 heterocycles. The van der Waals surface area contributed by atoms with E-state index in [1.807, 2.05) is 30.3 Å². The van der Waals surface area contributed by atoms with Crippen molar-refractivity contribution in [3.63, 3.8) is 0 Å². The molecule has 1 fully saturated rings. The van der Waals surface area contributed by atoms with Crippen LogP contribution in [0.25, 0.3) is 0 Å². The second-order valence-electron chi connectivity index (χ2n) is 5.37. The fourth-order valence-electron chi connectivity index (χ4n) is 2.68. The van der Waals surface area contributed by atoms with Crippen molar-refractivity contribution in [2.24, 2.45) is 0 Å². The Bertz CT molecular complexity index is 374. The number of carbonyl (C=O) groups is 1. The van der Waals surface area contributed by atoms with Gasteiger partial charge in [-0.25, -0.2) is 0 Å². The number of rotatable bonds is 4. The summed E-state index contributed by atoms with van der Waals surface area (Å²) in [6, 6.07) is 10.6. The van der Waals surface area contributed by atoms with Crippen molar-refractivity contribution in [1.82, 2.24) is 4.90 Å². The van der Waals surface area contributed by atoms with E-state index in [1.54, 1.807) is 0 Å². The monoisotopic (exact) mass is 245 g/mol. The van der Waals surface area contributed by atoms with Crippen molar-refractivity contribution in [2.45, 2.75) is 45.1 Å². The first-order valence-electron chi connectivity index (χ1n) is 7.05. The molecule has 1 aliphatic rings. The molecule has 1 aromatic carbocycles. The van der Waals surface area contributed by atoms with E-state index >= 15 is 0 Å². The molecule has 0 N–H and O–H groups in total. The van der Waals surface area contributed by atoms with Crippen molar-refractivity contribution < 1.29 is 4.79 Å². The summed E-state index contributed by atoms with van der Waals surface area (Å²) in [4.78, 5) is 14.5. The third kappa shape index (κ3) is 3.95. The number of nitrogens with zero attached hydrogens (tertiary/aromatic N) is 1. The van der Waals surface area contributed by atoms with Crippen molar-refractivity contribution in [2.75, 3.05) is 13.1 Å². The molecule has 1 saturated heterocycles. The average molecular weight is 245 g/mol. The molecule has 1 aliphatic heterocycles. The van der Waals surface area contributed by atoms with Crippen LogP contribution in [-0.2, 0) is 11.2 Å². The van der Waals surface area contributed by atoms with Gasteiger partial charge in [0, 0.05) is 12.5 Å². The average Bonchev–Trinajstić information content (AvgIpc) is 2.56. The van der Waals surface area contributed by atoms with Gasteiger partial charge in [0.25, 0.3) is 0 Å². The van der Waals surface area contributed by atoms with Gasteiger partial charge in [-0.3, -0.25) is 9.69 Å². The number of hydrogen-bond donors (Lipinski definition) is 0. The molecule has 0 saturated carbocycles. The molecule has 1 unspecified atom stereocenters. The number of likely N-dealkylation sites (tertiary alicyclic amines) is 1. The summed E-state index contributed by atoms with van der Waals surface area (Å²) in [5, 5.41) is 0. The van der Waals surface area contributed by atoms with Crippen LogP contribution in [0.4, 0.5) is 0 Å². The molecule has 2 heteroatoms. The summed E-state index contributed by atoms with van der Waals surface area (Å²) in [5.41, 5.74) is 1.13. The molecule has 2 rings (SSSR count). The van der Waals surface area contributed by atoms with Crippen molar-refractivity contribution >= 4 is 5.78 Å². The minimum atomic E-state index is 0.343. The first-order valence-corrected chi connectivity index (χ1v) is 7.05. The van der Waals surface area contributed by atoms with Gasteiger partial charge in [0.15, 0.2) is 5.78 Å². The SMILES string of the molecule is CC1CCCCCN1CC(=O)Cc1ccccc1. The Labute approximate surface area is 110 Å². The van der Waals surface area contributed by atoms with Gasteiger partial charge in [-0.1, -0.05) is 43.2 Å². The molecule has 1 atom stereocenters. The molecule has 2 nitrogen and oxygen atoms in total. The zero-order valence-corrected chi connectivity index (χ0v) is 11.3. The highest BCUT2D eigenvalue weighted by Gasteiger charge is 2.19. The first-order chi connectivity index (χ1) is 8.75. The highest BCUT2D eigenvalue weighted by molar-refractivity contribution is 5.82. The van der Waals surface area contributed by atoms with E-state index in [2.05, 4.69) is 11.8 Å². The second-order valence-corrected chi connectivity index (χ2v) is 5.37. The maximum atomic E-state index is 12.1. The van der Waals surface area contributed by atoms with Crippen LogP contribution >= 0.6 is 0 Å². The van der Waals surface area contributed by atoms with Gasteiger partial charge in [0.1, 0.15) is 0 Å². The summed E-state index contributed by atoms with van der Waals surface area (Å²) >= 11 is 0.